The van der Waals surface area contributed by atoms with E-state index in [1.807, 2.05) is 30.2 Å². The zero-order chi connectivity index (χ0) is 25.5. The Kier molecular flexibility index (Phi) is 5.71. The molecule has 5 aromatic heterocycles. The van der Waals surface area contributed by atoms with Crippen LogP contribution < -0.4 is 4.90 Å². The minimum Gasteiger partial charge on any atom is -0.354 e. The number of imidazole rings is 1. The fourth-order valence-electron chi connectivity index (χ4n) is 4.95. The van der Waals surface area contributed by atoms with Gasteiger partial charge in [0, 0.05) is 73.2 Å². The second-order valence-corrected chi connectivity index (χ2v) is 10.4. The zero-order valence-corrected chi connectivity index (χ0v) is 21.8. The minimum absolute atomic E-state index is 0.810. The summed E-state index contributed by atoms with van der Waals surface area (Å²) < 4.78 is 2.11. The molecule has 1 aromatic carbocycles. The van der Waals surface area contributed by atoms with Gasteiger partial charge in [-0.15, -0.1) is 11.3 Å². The molecule has 7 rings (SSSR count). The van der Waals surface area contributed by atoms with E-state index in [0.717, 1.165) is 81.9 Å². The van der Waals surface area contributed by atoms with E-state index in [2.05, 4.69) is 91.1 Å². The molecule has 0 radical (unpaired) electrons. The van der Waals surface area contributed by atoms with Gasteiger partial charge >= 0.3 is 0 Å². The maximum Gasteiger partial charge on any atom is 0.150 e. The van der Waals surface area contributed by atoms with Crippen molar-refractivity contribution < 1.29 is 0 Å². The number of hydrogen-bond donors (Lipinski definition) is 1. The predicted molar refractivity (Wildman–Crippen MR) is 153 cm³/mol. The standard InChI is InChI=1S/C29H26N8S/c1-35-13-15-36(16-14-35)25-9-6-22(17-32-25)27-26(33-28(34-27)24-18-30-19-38-24)20-4-7-23(8-5-20)37-12-10-21-3-2-11-31-29(21)37/h2-12,17-19H,13-16H2,1H3,(H,33,34). The number of thiazole rings is 1. The molecular weight excluding hydrogens is 492 g/mol. The van der Waals surface area contributed by atoms with Crippen molar-refractivity contribution in [2.75, 3.05) is 38.1 Å². The van der Waals surface area contributed by atoms with Crippen LogP contribution in [0.5, 0.6) is 0 Å². The molecule has 0 aliphatic carbocycles. The van der Waals surface area contributed by atoms with E-state index in [9.17, 15) is 0 Å². The molecular formula is C29H26N8S. The molecule has 9 heteroatoms. The van der Waals surface area contributed by atoms with Gasteiger partial charge in [-0.3, -0.25) is 4.98 Å². The number of aromatic nitrogens is 6. The number of aromatic amines is 1. The van der Waals surface area contributed by atoms with Crippen LogP contribution in [-0.2, 0) is 0 Å². The molecule has 38 heavy (non-hydrogen) atoms. The Morgan fingerprint density at radius 1 is 0.868 bits per heavy atom. The number of fused-ring (bicyclic) bond motifs is 1. The van der Waals surface area contributed by atoms with E-state index in [1.165, 1.54) is 0 Å². The topological polar surface area (TPSA) is 78.8 Å². The quantitative estimate of drug-likeness (QED) is 0.331. The number of hydrogen-bond acceptors (Lipinski definition) is 7. The van der Waals surface area contributed by atoms with Gasteiger partial charge < -0.3 is 19.4 Å². The van der Waals surface area contributed by atoms with Crippen LogP contribution in [0, 0.1) is 0 Å². The van der Waals surface area contributed by atoms with Gasteiger partial charge in [0.1, 0.15) is 17.3 Å². The minimum atomic E-state index is 0.810. The summed E-state index contributed by atoms with van der Waals surface area (Å²) in [6, 6.07) is 18.9. The second kappa shape index (κ2) is 9.51. The summed E-state index contributed by atoms with van der Waals surface area (Å²) >= 11 is 1.57. The highest BCUT2D eigenvalue weighted by molar-refractivity contribution is 7.13. The first-order valence-electron chi connectivity index (χ1n) is 12.6. The highest BCUT2D eigenvalue weighted by Crippen LogP contribution is 2.35. The van der Waals surface area contributed by atoms with E-state index >= 15 is 0 Å². The fourth-order valence-corrected chi connectivity index (χ4v) is 5.52. The Hall–Kier alpha value is -4.34. The lowest BCUT2D eigenvalue weighted by Crippen LogP contribution is -2.44. The lowest BCUT2D eigenvalue weighted by Gasteiger charge is -2.33. The highest BCUT2D eigenvalue weighted by Gasteiger charge is 2.19. The van der Waals surface area contributed by atoms with Crippen molar-refractivity contribution in [3.05, 3.63) is 84.9 Å². The van der Waals surface area contributed by atoms with Crippen LogP contribution in [0.1, 0.15) is 0 Å². The van der Waals surface area contributed by atoms with Crippen molar-refractivity contribution in [1.29, 1.82) is 0 Å². The number of pyridine rings is 2. The van der Waals surface area contributed by atoms with Crippen molar-refractivity contribution in [2.45, 2.75) is 0 Å². The van der Waals surface area contributed by atoms with Crippen LogP contribution in [0.3, 0.4) is 0 Å². The number of H-pyrrole nitrogens is 1. The third-order valence-corrected chi connectivity index (χ3v) is 7.88. The highest BCUT2D eigenvalue weighted by atomic mass is 32.1. The van der Waals surface area contributed by atoms with E-state index in [-0.39, 0.29) is 0 Å². The van der Waals surface area contributed by atoms with Gasteiger partial charge in [-0.1, -0.05) is 12.1 Å². The van der Waals surface area contributed by atoms with Gasteiger partial charge in [0.15, 0.2) is 0 Å². The summed E-state index contributed by atoms with van der Waals surface area (Å²) in [6.07, 6.45) is 7.67. The molecule has 0 bridgehead atoms. The van der Waals surface area contributed by atoms with Crippen LogP contribution in [0.15, 0.2) is 84.9 Å². The van der Waals surface area contributed by atoms with Crippen molar-refractivity contribution >= 4 is 28.2 Å². The van der Waals surface area contributed by atoms with Crippen LogP contribution in [0.2, 0.25) is 0 Å². The predicted octanol–water partition coefficient (Wildman–Crippen LogP) is 5.35. The number of nitrogens with one attached hydrogen (secondary N) is 1. The van der Waals surface area contributed by atoms with E-state index in [0.29, 0.717) is 0 Å². The molecule has 188 valence electrons. The number of piperazine rings is 1. The average molecular weight is 519 g/mol. The summed E-state index contributed by atoms with van der Waals surface area (Å²) in [5.74, 6) is 1.82. The summed E-state index contributed by atoms with van der Waals surface area (Å²) in [4.78, 5) is 27.9. The molecule has 1 fully saturated rings. The number of likely N-dealkylation sites (N-methyl/N-ethyl adjacent to an activating group) is 1. The third kappa shape index (κ3) is 4.15. The van der Waals surface area contributed by atoms with E-state index in [4.69, 9.17) is 9.97 Å². The Morgan fingerprint density at radius 2 is 1.71 bits per heavy atom. The largest absolute Gasteiger partial charge is 0.354 e. The molecule has 1 N–H and O–H groups in total. The van der Waals surface area contributed by atoms with Gasteiger partial charge in [0.2, 0.25) is 0 Å². The molecule has 0 spiro atoms. The number of rotatable bonds is 5. The fraction of sp³-hybridized carbons (Fsp3) is 0.172. The van der Waals surface area contributed by atoms with Gasteiger partial charge in [-0.05, 0) is 49.5 Å². The molecule has 1 aliphatic heterocycles. The van der Waals surface area contributed by atoms with Crippen LogP contribution in [0.25, 0.3) is 49.9 Å². The second-order valence-electron chi connectivity index (χ2n) is 9.52. The number of benzene rings is 1. The van der Waals surface area contributed by atoms with E-state index in [1.54, 1.807) is 11.3 Å². The summed E-state index contributed by atoms with van der Waals surface area (Å²) in [6.45, 7) is 4.08. The first-order valence-corrected chi connectivity index (χ1v) is 13.5. The van der Waals surface area contributed by atoms with Crippen molar-refractivity contribution in [1.82, 2.24) is 34.4 Å². The normalized spacial score (nSPS) is 14.4. The molecule has 0 unspecified atom stereocenters. The van der Waals surface area contributed by atoms with Gasteiger partial charge in [0.05, 0.1) is 21.8 Å². The summed E-state index contributed by atoms with van der Waals surface area (Å²) in [5, 5.41) is 1.12. The van der Waals surface area contributed by atoms with Gasteiger partial charge in [-0.25, -0.2) is 15.0 Å². The maximum atomic E-state index is 5.00. The van der Waals surface area contributed by atoms with Crippen molar-refractivity contribution in [3.8, 4) is 38.9 Å². The van der Waals surface area contributed by atoms with Crippen molar-refractivity contribution in [3.63, 3.8) is 0 Å². The van der Waals surface area contributed by atoms with Crippen molar-refractivity contribution in [2.24, 2.45) is 0 Å². The first kappa shape index (κ1) is 22.8. The molecule has 0 atom stereocenters. The SMILES string of the molecule is CN1CCN(c2ccc(-c3nc(-c4cncs4)[nH]c3-c3ccc(-n4ccc5cccnc54)cc3)cn2)CC1. The van der Waals surface area contributed by atoms with Gasteiger partial charge in [0.25, 0.3) is 0 Å². The molecule has 1 saturated heterocycles. The lowest BCUT2D eigenvalue weighted by molar-refractivity contribution is 0.312. The lowest BCUT2D eigenvalue weighted by atomic mass is 10.1. The average Bonchev–Trinajstić information content (AvgIpc) is 3.74. The zero-order valence-electron chi connectivity index (χ0n) is 21.0. The Bertz CT molecular complexity index is 1680. The molecule has 0 saturated carbocycles. The molecule has 6 aromatic rings. The smallest absolute Gasteiger partial charge is 0.150 e. The Balaban J connectivity index is 1.25. The first-order chi connectivity index (χ1) is 18.7. The number of nitrogens with zero attached hydrogens (tertiary/aromatic N) is 7. The van der Waals surface area contributed by atoms with Crippen LogP contribution in [0.4, 0.5) is 5.82 Å². The summed E-state index contributed by atoms with van der Waals surface area (Å²) in [5.41, 5.74) is 7.71. The van der Waals surface area contributed by atoms with Crippen LogP contribution in [-0.4, -0.2) is 67.6 Å². The molecule has 8 nitrogen and oxygen atoms in total. The maximum absolute atomic E-state index is 5.00. The van der Waals surface area contributed by atoms with Gasteiger partial charge in [-0.2, -0.15) is 0 Å². The number of anilines is 1. The molecule has 1 aliphatic rings. The Morgan fingerprint density at radius 3 is 2.47 bits per heavy atom. The third-order valence-electron chi connectivity index (χ3n) is 7.10. The Labute approximate surface area is 224 Å². The monoisotopic (exact) mass is 518 g/mol. The van der Waals surface area contributed by atoms with Crippen LogP contribution >= 0.6 is 11.3 Å². The van der Waals surface area contributed by atoms with E-state index < -0.39 is 0 Å². The molecule has 0 amide bonds. The molecule has 6 heterocycles. The summed E-state index contributed by atoms with van der Waals surface area (Å²) in [7, 11) is 2.16.